The first kappa shape index (κ1) is 27.3. The van der Waals surface area contributed by atoms with E-state index in [-0.39, 0.29) is 18.1 Å². The quantitative estimate of drug-likeness (QED) is 0.241. The van der Waals surface area contributed by atoms with Crippen LogP contribution in [0.2, 0.25) is 0 Å². The topological polar surface area (TPSA) is 110 Å². The monoisotopic (exact) mass is 563 g/mol. The SMILES string of the molecule is CCOc1ccc(NC(=O)/C(C#N)=C/c2cc(Br)c(OCC(=O)Nc3ccccc3C)c(OC)c2)cc1. The molecule has 2 amide bonds. The first-order valence-electron chi connectivity index (χ1n) is 11.4. The van der Waals surface area contributed by atoms with Crippen LogP contribution in [0.1, 0.15) is 18.1 Å². The van der Waals surface area contributed by atoms with Crippen molar-refractivity contribution in [1.82, 2.24) is 0 Å². The largest absolute Gasteiger partial charge is 0.494 e. The Kier molecular flexibility index (Phi) is 9.69. The molecule has 0 spiro atoms. The van der Waals surface area contributed by atoms with Gasteiger partial charge < -0.3 is 24.8 Å². The fourth-order valence-electron chi connectivity index (χ4n) is 3.32. The molecule has 0 heterocycles. The third-order valence-electron chi connectivity index (χ3n) is 5.12. The number of ether oxygens (including phenoxy) is 3. The zero-order valence-electron chi connectivity index (χ0n) is 20.6. The Morgan fingerprint density at radius 3 is 2.43 bits per heavy atom. The van der Waals surface area contributed by atoms with Crippen LogP contribution in [0.4, 0.5) is 11.4 Å². The highest BCUT2D eigenvalue weighted by Crippen LogP contribution is 2.37. The maximum atomic E-state index is 12.7. The van der Waals surface area contributed by atoms with Crippen LogP contribution in [0.25, 0.3) is 6.08 Å². The summed E-state index contributed by atoms with van der Waals surface area (Å²) in [5.41, 5.74) is 2.59. The lowest BCUT2D eigenvalue weighted by Gasteiger charge is -2.14. The summed E-state index contributed by atoms with van der Waals surface area (Å²) in [4.78, 5) is 25.1. The standard InChI is InChI=1S/C28H26BrN3O5/c1-4-36-22-11-9-21(10-12-22)31-28(34)20(16-30)13-19-14-23(29)27(25(15-19)35-3)37-17-26(33)32-24-8-6-5-7-18(24)2/h5-15H,4,17H2,1-3H3,(H,31,34)(H,32,33)/b20-13+. The Hall–Kier alpha value is -4.29. The average molecular weight is 564 g/mol. The summed E-state index contributed by atoms with van der Waals surface area (Å²) < 4.78 is 17.0. The van der Waals surface area contributed by atoms with Gasteiger partial charge in [-0.2, -0.15) is 5.26 Å². The zero-order valence-corrected chi connectivity index (χ0v) is 22.2. The molecular weight excluding hydrogens is 538 g/mol. The van der Waals surface area contributed by atoms with Crippen LogP contribution in [0.5, 0.6) is 17.2 Å². The van der Waals surface area contributed by atoms with Gasteiger partial charge in [-0.3, -0.25) is 9.59 Å². The molecule has 3 rings (SSSR count). The van der Waals surface area contributed by atoms with E-state index in [9.17, 15) is 14.9 Å². The highest BCUT2D eigenvalue weighted by atomic mass is 79.9. The molecule has 0 aliphatic carbocycles. The lowest BCUT2D eigenvalue weighted by Crippen LogP contribution is -2.21. The van der Waals surface area contributed by atoms with Crippen LogP contribution >= 0.6 is 15.9 Å². The summed E-state index contributed by atoms with van der Waals surface area (Å²) in [6, 6.07) is 19.5. The smallest absolute Gasteiger partial charge is 0.266 e. The second-order valence-corrected chi connectivity index (χ2v) is 8.62. The Balaban J connectivity index is 1.72. The second-order valence-electron chi connectivity index (χ2n) is 7.77. The average Bonchev–Trinajstić information content (AvgIpc) is 2.89. The van der Waals surface area contributed by atoms with Crippen LogP contribution in [0.3, 0.4) is 0 Å². The Labute approximate surface area is 224 Å². The fraction of sp³-hybridized carbons (Fsp3) is 0.179. The summed E-state index contributed by atoms with van der Waals surface area (Å²) in [6.07, 6.45) is 1.44. The number of carbonyl (C=O) groups excluding carboxylic acids is 2. The lowest BCUT2D eigenvalue weighted by atomic mass is 10.1. The van der Waals surface area contributed by atoms with Crippen LogP contribution in [0.15, 0.2) is 70.7 Å². The number of nitrogens with one attached hydrogen (secondary N) is 2. The van der Waals surface area contributed by atoms with Gasteiger partial charge in [0, 0.05) is 11.4 Å². The molecule has 0 aliphatic heterocycles. The number of hydrogen-bond donors (Lipinski definition) is 2. The molecule has 0 radical (unpaired) electrons. The van der Waals surface area contributed by atoms with E-state index < -0.39 is 5.91 Å². The van der Waals surface area contributed by atoms with Crippen molar-refractivity contribution in [3.63, 3.8) is 0 Å². The van der Waals surface area contributed by atoms with Crippen LogP contribution < -0.4 is 24.8 Å². The van der Waals surface area contributed by atoms with Gasteiger partial charge in [-0.25, -0.2) is 0 Å². The molecule has 0 saturated carbocycles. The van der Waals surface area contributed by atoms with E-state index in [0.717, 1.165) is 5.56 Å². The van der Waals surface area contributed by atoms with E-state index in [4.69, 9.17) is 14.2 Å². The van der Waals surface area contributed by atoms with Crippen molar-refractivity contribution < 1.29 is 23.8 Å². The Morgan fingerprint density at radius 1 is 1.05 bits per heavy atom. The number of hydrogen-bond acceptors (Lipinski definition) is 6. The maximum absolute atomic E-state index is 12.7. The van der Waals surface area contributed by atoms with Gasteiger partial charge in [0.2, 0.25) is 0 Å². The highest BCUT2D eigenvalue weighted by molar-refractivity contribution is 9.10. The third kappa shape index (κ3) is 7.59. The van der Waals surface area contributed by atoms with E-state index in [2.05, 4.69) is 26.6 Å². The number of benzene rings is 3. The van der Waals surface area contributed by atoms with E-state index >= 15 is 0 Å². The molecule has 3 aromatic rings. The molecule has 0 aromatic heterocycles. The molecule has 0 atom stereocenters. The number of anilines is 2. The maximum Gasteiger partial charge on any atom is 0.266 e. The number of amides is 2. The molecular formula is C28H26BrN3O5. The predicted octanol–water partition coefficient (Wildman–Crippen LogP) is 5.73. The minimum absolute atomic E-state index is 0.103. The third-order valence-corrected chi connectivity index (χ3v) is 5.71. The van der Waals surface area contributed by atoms with E-state index in [1.54, 1.807) is 36.4 Å². The number of nitriles is 1. The van der Waals surface area contributed by atoms with Crippen molar-refractivity contribution in [2.75, 3.05) is 31.0 Å². The summed E-state index contributed by atoms with van der Waals surface area (Å²) in [5, 5.41) is 15.1. The molecule has 0 aliphatic rings. The Morgan fingerprint density at radius 2 is 1.78 bits per heavy atom. The van der Waals surface area contributed by atoms with Gasteiger partial charge in [-0.1, -0.05) is 18.2 Å². The van der Waals surface area contributed by atoms with Gasteiger partial charge in [0.15, 0.2) is 18.1 Å². The lowest BCUT2D eigenvalue weighted by molar-refractivity contribution is -0.118. The molecule has 9 heteroatoms. The summed E-state index contributed by atoms with van der Waals surface area (Å²) >= 11 is 3.43. The number of methoxy groups -OCH3 is 1. The van der Waals surface area contributed by atoms with Crippen molar-refractivity contribution in [1.29, 1.82) is 5.26 Å². The number of halogens is 1. The predicted molar refractivity (Wildman–Crippen MR) is 146 cm³/mol. The van der Waals surface area contributed by atoms with Crippen molar-refractivity contribution in [3.05, 3.63) is 81.8 Å². The van der Waals surface area contributed by atoms with Crippen molar-refractivity contribution in [3.8, 4) is 23.3 Å². The van der Waals surface area contributed by atoms with Gasteiger partial charge in [-0.15, -0.1) is 0 Å². The number of rotatable bonds is 10. The molecule has 2 N–H and O–H groups in total. The number of carbonyl (C=O) groups is 2. The Bertz CT molecular complexity index is 1350. The molecule has 0 saturated heterocycles. The van der Waals surface area contributed by atoms with E-state index in [1.807, 2.05) is 44.2 Å². The summed E-state index contributed by atoms with van der Waals surface area (Å²) in [6.45, 7) is 4.08. The van der Waals surface area contributed by atoms with Gasteiger partial charge in [0.25, 0.3) is 11.8 Å². The van der Waals surface area contributed by atoms with Gasteiger partial charge in [0.05, 0.1) is 18.2 Å². The summed E-state index contributed by atoms with van der Waals surface area (Å²) in [7, 11) is 1.46. The molecule has 0 unspecified atom stereocenters. The second kappa shape index (κ2) is 13.1. The highest BCUT2D eigenvalue weighted by Gasteiger charge is 2.16. The molecule has 37 heavy (non-hydrogen) atoms. The zero-order chi connectivity index (χ0) is 26.8. The van der Waals surface area contributed by atoms with Crippen molar-refractivity contribution >= 4 is 45.2 Å². The molecule has 190 valence electrons. The number of nitrogens with zero attached hydrogens (tertiary/aromatic N) is 1. The molecule has 0 bridgehead atoms. The molecule has 8 nitrogen and oxygen atoms in total. The van der Waals surface area contributed by atoms with Crippen LogP contribution in [-0.4, -0.2) is 32.1 Å². The van der Waals surface area contributed by atoms with E-state index in [0.29, 0.717) is 45.3 Å². The minimum Gasteiger partial charge on any atom is -0.494 e. The minimum atomic E-state index is -0.560. The van der Waals surface area contributed by atoms with Gasteiger partial charge >= 0.3 is 0 Å². The first-order chi connectivity index (χ1) is 17.8. The fourth-order valence-corrected chi connectivity index (χ4v) is 3.89. The van der Waals surface area contributed by atoms with Crippen molar-refractivity contribution in [2.24, 2.45) is 0 Å². The molecule has 3 aromatic carbocycles. The number of para-hydroxylation sites is 1. The van der Waals surface area contributed by atoms with Gasteiger partial charge in [-0.05, 0) is 89.4 Å². The van der Waals surface area contributed by atoms with E-state index in [1.165, 1.54) is 13.2 Å². The first-order valence-corrected chi connectivity index (χ1v) is 12.2. The van der Waals surface area contributed by atoms with Crippen LogP contribution in [-0.2, 0) is 9.59 Å². The normalized spacial score (nSPS) is 10.7. The summed E-state index contributed by atoms with van der Waals surface area (Å²) in [5.74, 6) is 0.439. The molecule has 0 fully saturated rings. The number of aryl methyl sites for hydroxylation is 1. The van der Waals surface area contributed by atoms with Gasteiger partial charge in [0.1, 0.15) is 17.4 Å². The van der Waals surface area contributed by atoms with Crippen LogP contribution in [0, 0.1) is 18.3 Å². The van der Waals surface area contributed by atoms with Crippen molar-refractivity contribution in [2.45, 2.75) is 13.8 Å².